The van der Waals surface area contributed by atoms with Crippen molar-refractivity contribution < 1.29 is 4.74 Å². The van der Waals surface area contributed by atoms with Gasteiger partial charge in [-0.15, -0.1) is 0 Å². The van der Waals surface area contributed by atoms with E-state index in [4.69, 9.17) is 10.5 Å². The number of ether oxygens (including phenoxy) is 1. The summed E-state index contributed by atoms with van der Waals surface area (Å²) in [5.41, 5.74) is 7.19. The molecule has 0 fully saturated rings. The van der Waals surface area contributed by atoms with Crippen LogP contribution >= 0.6 is 0 Å². The van der Waals surface area contributed by atoms with E-state index >= 15 is 0 Å². The molecule has 14 heavy (non-hydrogen) atoms. The van der Waals surface area contributed by atoms with Gasteiger partial charge in [-0.2, -0.15) is 5.10 Å². The molecular formula is C9H10N4O. The molecule has 0 saturated carbocycles. The van der Waals surface area contributed by atoms with Gasteiger partial charge in [-0.3, -0.25) is 5.10 Å². The summed E-state index contributed by atoms with van der Waals surface area (Å²) in [5, 5.41) is 6.54. The lowest BCUT2D eigenvalue weighted by Crippen LogP contribution is -1.92. The topological polar surface area (TPSA) is 76.8 Å². The van der Waals surface area contributed by atoms with Crippen LogP contribution in [0.2, 0.25) is 0 Å². The number of nitrogen functional groups attached to an aromatic ring is 1. The molecule has 0 amide bonds. The molecule has 0 spiro atoms. The summed E-state index contributed by atoms with van der Waals surface area (Å²) in [4.78, 5) is 4.03. The molecule has 2 rings (SSSR count). The van der Waals surface area contributed by atoms with Gasteiger partial charge in [-0.1, -0.05) is 0 Å². The molecule has 0 unspecified atom stereocenters. The lowest BCUT2D eigenvalue weighted by atomic mass is 10.2. The first kappa shape index (κ1) is 8.55. The first-order chi connectivity index (χ1) is 6.81. The third-order valence-corrected chi connectivity index (χ3v) is 1.92. The number of hydrogen-bond donors (Lipinski definition) is 2. The molecule has 3 N–H and O–H groups in total. The highest BCUT2D eigenvalue weighted by atomic mass is 16.5. The predicted octanol–water partition coefficient (Wildman–Crippen LogP) is 1.06. The van der Waals surface area contributed by atoms with Crippen LogP contribution in [0.25, 0.3) is 11.4 Å². The number of nitrogens with two attached hydrogens (primary N) is 1. The molecule has 0 aliphatic rings. The molecule has 1 heterocycles. The van der Waals surface area contributed by atoms with E-state index in [-0.39, 0.29) is 0 Å². The molecule has 5 heteroatoms. The first-order valence-electron chi connectivity index (χ1n) is 4.10. The maximum Gasteiger partial charge on any atom is 0.155 e. The largest absolute Gasteiger partial charge is 0.495 e. The molecule has 0 aliphatic carbocycles. The van der Waals surface area contributed by atoms with Gasteiger partial charge in [0.05, 0.1) is 12.8 Å². The van der Waals surface area contributed by atoms with E-state index in [1.807, 2.05) is 12.1 Å². The number of aromatic nitrogens is 3. The van der Waals surface area contributed by atoms with Crippen molar-refractivity contribution in [3.8, 4) is 17.1 Å². The number of rotatable bonds is 2. The summed E-state index contributed by atoms with van der Waals surface area (Å²) in [6.45, 7) is 0. The number of methoxy groups -OCH3 is 1. The number of aromatic amines is 1. The Kier molecular flexibility index (Phi) is 2.06. The van der Waals surface area contributed by atoms with E-state index in [9.17, 15) is 0 Å². The molecule has 72 valence electrons. The molecule has 1 aromatic carbocycles. The van der Waals surface area contributed by atoms with Crippen LogP contribution in [0.15, 0.2) is 24.5 Å². The van der Waals surface area contributed by atoms with Crippen molar-refractivity contribution >= 4 is 5.69 Å². The van der Waals surface area contributed by atoms with E-state index in [1.165, 1.54) is 6.33 Å². The van der Waals surface area contributed by atoms with Crippen LogP contribution in [0.4, 0.5) is 5.69 Å². The number of nitrogens with one attached hydrogen (secondary N) is 1. The van der Waals surface area contributed by atoms with Crippen LogP contribution in [0, 0.1) is 0 Å². The standard InChI is InChI=1S/C9H10N4O/c1-14-8-4-6(2-3-7(8)10)9-11-5-12-13-9/h2-5H,10H2,1H3,(H,11,12,13). The highest BCUT2D eigenvalue weighted by Gasteiger charge is 2.04. The van der Waals surface area contributed by atoms with Gasteiger partial charge < -0.3 is 10.5 Å². The fourth-order valence-corrected chi connectivity index (χ4v) is 1.20. The lowest BCUT2D eigenvalue weighted by molar-refractivity contribution is 0.417. The summed E-state index contributed by atoms with van der Waals surface area (Å²) < 4.78 is 5.10. The Morgan fingerprint density at radius 2 is 2.29 bits per heavy atom. The van der Waals surface area contributed by atoms with Crippen molar-refractivity contribution in [2.45, 2.75) is 0 Å². The highest BCUT2D eigenvalue weighted by Crippen LogP contribution is 2.26. The van der Waals surface area contributed by atoms with Gasteiger partial charge in [0.25, 0.3) is 0 Å². The molecule has 0 aliphatic heterocycles. The van der Waals surface area contributed by atoms with Crippen LogP contribution in [-0.2, 0) is 0 Å². The van der Waals surface area contributed by atoms with Crippen molar-refractivity contribution in [2.24, 2.45) is 0 Å². The Bertz CT molecular complexity index is 424. The van der Waals surface area contributed by atoms with Gasteiger partial charge in [0.2, 0.25) is 0 Å². The summed E-state index contributed by atoms with van der Waals surface area (Å²) in [6.07, 6.45) is 1.46. The Morgan fingerprint density at radius 3 is 2.93 bits per heavy atom. The van der Waals surface area contributed by atoms with Crippen molar-refractivity contribution in [2.75, 3.05) is 12.8 Å². The summed E-state index contributed by atoms with van der Waals surface area (Å²) >= 11 is 0. The minimum Gasteiger partial charge on any atom is -0.495 e. The minimum atomic E-state index is 0.607. The number of hydrogen-bond acceptors (Lipinski definition) is 4. The summed E-state index contributed by atoms with van der Waals surface area (Å²) in [6, 6.07) is 5.45. The average Bonchev–Trinajstić information content (AvgIpc) is 2.71. The number of H-pyrrole nitrogens is 1. The maximum atomic E-state index is 5.68. The highest BCUT2D eigenvalue weighted by molar-refractivity contribution is 5.64. The number of benzene rings is 1. The molecule has 5 nitrogen and oxygen atoms in total. The van der Waals surface area contributed by atoms with Crippen LogP contribution < -0.4 is 10.5 Å². The smallest absolute Gasteiger partial charge is 0.155 e. The molecule has 0 bridgehead atoms. The van der Waals surface area contributed by atoms with Gasteiger partial charge in [0, 0.05) is 5.56 Å². The Balaban J connectivity index is 2.46. The second-order valence-electron chi connectivity index (χ2n) is 2.79. The second-order valence-corrected chi connectivity index (χ2v) is 2.79. The molecular weight excluding hydrogens is 180 g/mol. The summed E-state index contributed by atoms with van der Waals surface area (Å²) in [5.74, 6) is 1.34. The fraction of sp³-hybridized carbons (Fsp3) is 0.111. The zero-order valence-corrected chi connectivity index (χ0v) is 7.69. The van der Waals surface area contributed by atoms with Crippen LogP contribution in [0.5, 0.6) is 5.75 Å². The van der Waals surface area contributed by atoms with Gasteiger partial charge in [-0.25, -0.2) is 4.98 Å². The summed E-state index contributed by atoms with van der Waals surface area (Å²) in [7, 11) is 1.58. The van der Waals surface area contributed by atoms with Gasteiger partial charge in [-0.05, 0) is 18.2 Å². The third kappa shape index (κ3) is 1.39. The van der Waals surface area contributed by atoms with Crippen LogP contribution in [-0.4, -0.2) is 22.3 Å². The molecule has 1 aromatic heterocycles. The monoisotopic (exact) mass is 190 g/mol. The number of anilines is 1. The Labute approximate surface area is 80.9 Å². The Morgan fingerprint density at radius 1 is 1.43 bits per heavy atom. The molecule has 2 aromatic rings. The van der Waals surface area contributed by atoms with Crippen molar-refractivity contribution in [3.63, 3.8) is 0 Å². The quantitative estimate of drug-likeness (QED) is 0.694. The van der Waals surface area contributed by atoms with E-state index in [1.54, 1.807) is 13.2 Å². The molecule has 0 saturated heterocycles. The predicted molar refractivity (Wildman–Crippen MR) is 52.8 cm³/mol. The van der Waals surface area contributed by atoms with E-state index < -0.39 is 0 Å². The van der Waals surface area contributed by atoms with Gasteiger partial charge in [0.15, 0.2) is 5.82 Å². The average molecular weight is 190 g/mol. The van der Waals surface area contributed by atoms with E-state index in [0.717, 1.165) is 5.56 Å². The second kappa shape index (κ2) is 3.37. The SMILES string of the molecule is COc1cc(-c2ncn[nH]2)ccc1N. The van der Waals surface area contributed by atoms with Crippen molar-refractivity contribution in [1.82, 2.24) is 15.2 Å². The van der Waals surface area contributed by atoms with Crippen molar-refractivity contribution in [3.05, 3.63) is 24.5 Å². The van der Waals surface area contributed by atoms with Gasteiger partial charge >= 0.3 is 0 Å². The lowest BCUT2D eigenvalue weighted by Gasteiger charge is -2.05. The normalized spacial score (nSPS) is 10.1. The van der Waals surface area contributed by atoms with E-state index in [2.05, 4.69) is 15.2 Å². The maximum absolute atomic E-state index is 5.68. The zero-order valence-electron chi connectivity index (χ0n) is 7.69. The van der Waals surface area contributed by atoms with Crippen LogP contribution in [0.1, 0.15) is 0 Å². The van der Waals surface area contributed by atoms with Crippen molar-refractivity contribution in [1.29, 1.82) is 0 Å². The van der Waals surface area contributed by atoms with Crippen LogP contribution in [0.3, 0.4) is 0 Å². The molecule has 0 radical (unpaired) electrons. The fourth-order valence-electron chi connectivity index (χ4n) is 1.20. The van der Waals surface area contributed by atoms with Gasteiger partial charge in [0.1, 0.15) is 12.1 Å². The van der Waals surface area contributed by atoms with E-state index in [0.29, 0.717) is 17.3 Å². The first-order valence-corrected chi connectivity index (χ1v) is 4.10. The minimum absolute atomic E-state index is 0.607. The third-order valence-electron chi connectivity index (χ3n) is 1.92. The Hall–Kier alpha value is -2.04. The molecule has 0 atom stereocenters. The number of nitrogens with zero attached hydrogens (tertiary/aromatic N) is 2. The zero-order chi connectivity index (χ0) is 9.97.